The van der Waals surface area contributed by atoms with E-state index in [4.69, 9.17) is 13.9 Å². The SMILES string of the molecule is CC1=C\[C@@H](O)CC(=O)Cc2nc(co2)C(=O)N2CCC[C@@H]2C(=O)O[C@H]([C@@H](C)COC(=O)Nc2ccc3ccccc3n2)[C@H](C)/C=C/C(=O)NC\C=C\1. The number of fused-ring (bicyclic) bond motifs is 4. The summed E-state index contributed by atoms with van der Waals surface area (Å²) in [4.78, 5) is 75.2. The molecule has 0 unspecified atom stereocenters. The Morgan fingerprint density at radius 1 is 1.13 bits per heavy atom. The molecular formula is C38H43N5O9. The molecule has 1 aromatic carbocycles. The number of nitrogens with one attached hydrogen (secondary N) is 2. The van der Waals surface area contributed by atoms with Crippen molar-refractivity contribution in [1.82, 2.24) is 20.2 Å². The molecule has 2 bridgehead atoms. The van der Waals surface area contributed by atoms with Crippen LogP contribution in [0.2, 0.25) is 0 Å². The summed E-state index contributed by atoms with van der Waals surface area (Å²) in [5.41, 5.74) is 1.33. The van der Waals surface area contributed by atoms with Gasteiger partial charge < -0.3 is 29.2 Å². The summed E-state index contributed by atoms with van der Waals surface area (Å²) < 4.78 is 17.0. The van der Waals surface area contributed by atoms with Crippen molar-refractivity contribution in [3.63, 3.8) is 0 Å². The van der Waals surface area contributed by atoms with Gasteiger partial charge in [0.25, 0.3) is 5.91 Å². The number of amides is 3. The third-order valence-corrected chi connectivity index (χ3v) is 8.76. The number of hydrogen-bond acceptors (Lipinski definition) is 11. The van der Waals surface area contributed by atoms with Crippen LogP contribution in [0.5, 0.6) is 0 Å². The number of pyridine rings is 1. The maximum absolute atomic E-state index is 13.7. The lowest BCUT2D eigenvalue weighted by molar-refractivity contribution is -0.159. The minimum absolute atomic E-state index is 0.0172. The highest BCUT2D eigenvalue weighted by Gasteiger charge is 2.39. The van der Waals surface area contributed by atoms with Gasteiger partial charge in [0.1, 0.15) is 30.0 Å². The summed E-state index contributed by atoms with van der Waals surface area (Å²) in [5.74, 6) is -2.67. The van der Waals surface area contributed by atoms with Crippen molar-refractivity contribution >= 4 is 46.4 Å². The minimum atomic E-state index is -1.05. The lowest BCUT2D eigenvalue weighted by atomic mass is 9.93. The Hall–Kier alpha value is -5.63. The van der Waals surface area contributed by atoms with E-state index in [0.29, 0.717) is 29.7 Å². The van der Waals surface area contributed by atoms with Gasteiger partial charge in [-0.1, -0.05) is 61.9 Å². The van der Waals surface area contributed by atoms with Gasteiger partial charge in [-0.2, -0.15) is 0 Å². The Bertz CT molecular complexity index is 1880. The number of Topliss-reactive ketones (excluding diaryl/α,β-unsaturated/α-hetero) is 1. The van der Waals surface area contributed by atoms with Gasteiger partial charge in [-0.15, -0.1) is 0 Å². The maximum atomic E-state index is 13.7. The number of aromatic nitrogens is 2. The number of esters is 1. The Labute approximate surface area is 301 Å². The van der Waals surface area contributed by atoms with Crippen LogP contribution in [0.1, 0.15) is 56.4 Å². The van der Waals surface area contributed by atoms with E-state index in [1.807, 2.05) is 30.3 Å². The monoisotopic (exact) mass is 713 g/mol. The number of carbonyl (C=O) groups is 5. The molecule has 2 aliphatic rings. The normalized spacial score (nSPS) is 25.2. The Morgan fingerprint density at radius 3 is 2.77 bits per heavy atom. The summed E-state index contributed by atoms with van der Waals surface area (Å²) in [6, 6.07) is 10.0. The highest BCUT2D eigenvalue weighted by molar-refractivity contribution is 5.95. The predicted octanol–water partition coefficient (Wildman–Crippen LogP) is 4.31. The second-order valence-electron chi connectivity index (χ2n) is 13.0. The van der Waals surface area contributed by atoms with Crippen molar-refractivity contribution in [2.75, 3.05) is 25.0 Å². The van der Waals surface area contributed by atoms with Crippen molar-refractivity contribution in [3.8, 4) is 0 Å². The van der Waals surface area contributed by atoms with E-state index in [9.17, 15) is 29.1 Å². The van der Waals surface area contributed by atoms with Crippen LogP contribution >= 0.6 is 0 Å². The number of cyclic esters (lactones) is 1. The van der Waals surface area contributed by atoms with Crippen molar-refractivity contribution in [2.24, 2.45) is 11.8 Å². The van der Waals surface area contributed by atoms with E-state index < -0.39 is 54.0 Å². The third-order valence-electron chi connectivity index (χ3n) is 8.76. The molecule has 5 rings (SSSR count). The average Bonchev–Trinajstić information content (AvgIpc) is 3.80. The number of carbonyl (C=O) groups excluding carboxylic acids is 5. The highest BCUT2D eigenvalue weighted by atomic mass is 16.6. The van der Waals surface area contributed by atoms with E-state index in [2.05, 4.69) is 20.6 Å². The molecule has 3 aromatic rings. The van der Waals surface area contributed by atoms with Crippen LogP contribution in [0.3, 0.4) is 0 Å². The van der Waals surface area contributed by atoms with Gasteiger partial charge in [0, 0.05) is 36.7 Å². The number of ketones is 1. The summed E-state index contributed by atoms with van der Waals surface area (Å²) in [7, 11) is 0. The number of hydrogen-bond donors (Lipinski definition) is 3. The van der Waals surface area contributed by atoms with Gasteiger partial charge in [0.2, 0.25) is 11.8 Å². The zero-order chi connectivity index (χ0) is 37.2. The molecule has 5 atom stereocenters. The fraction of sp³-hybridized carbons (Fsp3) is 0.395. The van der Waals surface area contributed by atoms with Crippen LogP contribution in [0.25, 0.3) is 10.9 Å². The quantitative estimate of drug-likeness (QED) is 0.327. The maximum Gasteiger partial charge on any atom is 0.412 e. The van der Waals surface area contributed by atoms with Gasteiger partial charge >= 0.3 is 12.1 Å². The number of rotatable bonds is 4. The molecule has 4 heterocycles. The number of aliphatic hydroxyl groups is 1. The smallest absolute Gasteiger partial charge is 0.412 e. The van der Waals surface area contributed by atoms with Crippen LogP contribution < -0.4 is 10.6 Å². The summed E-state index contributed by atoms with van der Waals surface area (Å²) in [5, 5.41) is 16.7. The molecule has 2 aliphatic heterocycles. The summed E-state index contributed by atoms with van der Waals surface area (Å²) in [6.07, 6.45) is 6.84. The van der Waals surface area contributed by atoms with Gasteiger partial charge in [0.15, 0.2) is 5.69 Å². The first kappa shape index (κ1) is 37.6. The fourth-order valence-electron chi connectivity index (χ4n) is 6.13. The zero-order valence-electron chi connectivity index (χ0n) is 29.3. The van der Waals surface area contributed by atoms with Gasteiger partial charge in [0.05, 0.1) is 24.6 Å². The number of benzene rings is 1. The standard InChI is InChI=1S/C38H43N5O9/c1-23-8-6-16-39-33(46)15-12-24(2)35(25(3)21-51-38(49)42-32-14-13-26-9-4-5-10-29(26)40-32)52-37(48)31-11-7-17-43(31)36(47)30-22-50-34(41-30)20-28(45)19-27(44)18-23/h4-6,8-10,12-15,18,22,24-25,27,31,35,44H,7,11,16-17,19-21H2,1-3H3,(H,39,46)(H,40,42,49)/b8-6+,15-12+,23-18+/t24-,25+,27-,31-,35+/m1/s1. The molecule has 0 spiro atoms. The third kappa shape index (κ3) is 10.2. The fourth-order valence-corrected chi connectivity index (χ4v) is 6.13. The highest BCUT2D eigenvalue weighted by Crippen LogP contribution is 2.26. The second-order valence-corrected chi connectivity index (χ2v) is 13.0. The predicted molar refractivity (Wildman–Crippen MR) is 190 cm³/mol. The minimum Gasteiger partial charge on any atom is -0.460 e. The molecule has 2 aromatic heterocycles. The molecule has 0 saturated carbocycles. The van der Waals surface area contributed by atoms with E-state index >= 15 is 0 Å². The molecule has 0 radical (unpaired) electrons. The number of anilines is 1. The van der Waals surface area contributed by atoms with E-state index in [1.54, 1.807) is 45.1 Å². The summed E-state index contributed by atoms with van der Waals surface area (Å²) >= 11 is 0. The molecule has 0 aliphatic carbocycles. The van der Waals surface area contributed by atoms with Gasteiger partial charge in [-0.25, -0.2) is 19.6 Å². The van der Waals surface area contributed by atoms with Crippen LogP contribution in [-0.2, 0) is 30.3 Å². The molecule has 3 N–H and O–H groups in total. The molecule has 52 heavy (non-hydrogen) atoms. The Morgan fingerprint density at radius 2 is 1.94 bits per heavy atom. The van der Waals surface area contributed by atoms with Crippen molar-refractivity contribution in [1.29, 1.82) is 0 Å². The Kier molecular flexibility index (Phi) is 12.7. The topological polar surface area (TPSA) is 190 Å². The van der Waals surface area contributed by atoms with E-state index in [1.165, 1.54) is 17.1 Å². The molecule has 14 nitrogen and oxygen atoms in total. The number of para-hydroxylation sites is 1. The molecule has 14 heteroatoms. The van der Waals surface area contributed by atoms with Crippen LogP contribution in [0.15, 0.2) is 83.0 Å². The zero-order valence-corrected chi connectivity index (χ0v) is 29.3. The number of nitrogens with zero attached hydrogens (tertiary/aromatic N) is 3. The number of oxazole rings is 1. The van der Waals surface area contributed by atoms with Crippen molar-refractivity contribution in [2.45, 2.75) is 64.7 Å². The van der Waals surface area contributed by atoms with Crippen LogP contribution in [-0.4, -0.2) is 87.6 Å². The molecular weight excluding hydrogens is 670 g/mol. The Balaban J connectivity index is 1.32. The first-order chi connectivity index (χ1) is 25.0. The van der Waals surface area contributed by atoms with Gasteiger partial charge in [-0.05, 0) is 44.0 Å². The van der Waals surface area contributed by atoms with E-state index in [0.717, 1.165) is 11.6 Å². The summed E-state index contributed by atoms with van der Waals surface area (Å²) in [6.45, 7) is 5.61. The second kappa shape index (κ2) is 17.5. The van der Waals surface area contributed by atoms with Crippen molar-refractivity contribution in [3.05, 3.63) is 90.2 Å². The number of aliphatic hydroxyl groups excluding tert-OH is 1. The number of ether oxygens (including phenoxy) is 2. The van der Waals surface area contributed by atoms with Crippen LogP contribution in [0, 0.1) is 11.8 Å². The average molecular weight is 714 g/mol. The molecule has 1 saturated heterocycles. The lowest BCUT2D eigenvalue weighted by Gasteiger charge is -2.30. The largest absolute Gasteiger partial charge is 0.460 e. The van der Waals surface area contributed by atoms with Crippen LogP contribution in [0.4, 0.5) is 10.6 Å². The first-order valence-corrected chi connectivity index (χ1v) is 17.2. The lowest BCUT2D eigenvalue weighted by Crippen LogP contribution is -2.44. The van der Waals surface area contributed by atoms with Gasteiger partial charge in [-0.3, -0.25) is 19.7 Å². The number of allylic oxidation sites excluding steroid dienone is 2. The molecule has 1 fully saturated rings. The van der Waals surface area contributed by atoms with E-state index in [-0.39, 0.29) is 49.9 Å². The van der Waals surface area contributed by atoms with Crippen molar-refractivity contribution < 1.29 is 43.0 Å². The first-order valence-electron chi connectivity index (χ1n) is 17.2. The molecule has 274 valence electrons. The molecule has 3 amide bonds.